The van der Waals surface area contributed by atoms with Gasteiger partial charge in [-0.3, -0.25) is 14.3 Å². The Morgan fingerprint density at radius 2 is 1.51 bits per heavy atom. The van der Waals surface area contributed by atoms with Crippen LogP contribution in [0.4, 0.5) is 0 Å². The van der Waals surface area contributed by atoms with Crippen LogP contribution in [0, 0.1) is 6.92 Å². The molecule has 4 atom stereocenters. The number of aromatic amines is 1. The molecule has 11 nitrogen and oxygen atoms in total. The van der Waals surface area contributed by atoms with Crippen molar-refractivity contribution in [2.45, 2.75) is 102 Å². The number of aryl methyl sites for hydroxylation is 1. The number of nitrogens with one attached hydrogen (secondary N) is 1. The molecule has 15 heteroatoms. The Kier molecular flexibility index (Phi) is 18.0. The highest BCUT2D eigenvalue weighted by atomic mass is 35.5. The van der Waals surface area contributed by atoms with Gasteiger partial charge < -0.3 is 28.0 Å². The molecular formula is C44H59ClN3O8PS2. The molecule has 0 bridgehead atoms. The lowest BCUT2D eigenvalue weighted by Gasteiger charge is -2.37. The largest absolute Gasteiger partial charge is 0.497 e. The SMILES string of the molecule is COc1ccc(C(OC[C@H]2O[C@@H](n3cc(C)c(=O)[nH]c3=O)C[C@@H]2OCSSC(C)(C)CCOP(OCCCl)N(C(C)C)C(C)C)(c2ccccc2)c2ccccc2)cc1. The molecule has 4 aromatic rings. The Bertz CT molecular complexity index is 1940. The lowest BCUT2D eigenvalue weighted by molar-refractivity contribution is -0.100. The average molecular weight is 889 g/mol. The number of methoxy groups -OCH3 is 1. The summed E-state index contributed by atoms with van der Waals surface area (Å²) in [6, 6.07) is 28.7. The Morgan fingerprint density at radius 1 is 0.915 bits per heavy atom. The van der Waals surface area contributed by atoms with E-state index >= 15 is 0 Å². The zero-order chi connectivity index (χ0) is 42.6. The second kappa shape index (κ2) is 22.4. The summed E-state index contributed by atoms with van der Waals surface area (Å²) < 4.78 is 42.0. The molecule has 0 aliphatic carbocycles. The number of ether oxygens (including phenoxy) is 4. The van der Waals surface area contributed by atoms with Gasteiger partial charge in [0, 0.05) is 40.9 Å². The molecule has 3 aromatic carbocycles. The van der Waals surface area contributed by atoms with Crippen molar-refractivity contribution < 1.29 is 28.0 Å². The van der Waals surface area contributed by atoms with Crippen molar-refractivity contribution in [1.82, 2.24) is 14.2 Å². The zero-order valence-corrected chi connectivity index (χ0v) is 38.6. The van der Waals surface area contributed by atoms with Gasteiger partial charge in [-0.15, -0.1) is 11.6 Å². The molecule has 322 valence electrons. The van der Waals surface area contributed by atoms with Crippen LogP contribution in [-0.2, 0) is 28.9 Å². The molecule has 1 aromatic heterocycles. The molecule has 0 radical (unpaired) electrons. The van der Waals surface area contributed by atoms with Crippen LogP contribution in [0.2, 0.25) is 0 Å². The second-order valence-electron chi connectivity index (χ2n) is 15.5. The van der Waals surface area contributed by atoms with Crippen LogP contribution in [0.1, 0.15) is 82.9 Å². The minimum atomic E-state index is -1.25. The second-order valence-corrected chi connectivity index (χ2v) is 20.3. The van der Waals surface area contributed by atoms with Gasteiger partial charge >= 0.3 is 5.69 Å². The number of aromatic nitrogens is 2. The lowest BCUT2D eigenvalue weighted by Crippen LogP contribution is -2.38. The molecule has 1 aliphatic rings. The first kappa shape index (κ1) is 47.4. The van der Waals surface area contributed by atoms with Gasteiger partial charge in [0.25, 0.3) is 14.1 Å². The van der Waals surface area contributed by atoms with Crippen molar-refractivity contribution in [3.05, 3.63) is 134 Å². The monoisotopic (exact) mass is 887 g/mol. The van der Waals surface area contributed by atoms with E-state index in [-0.39, 0.29) is 23.4 Å². The summed E-state index contributed by atoms with van der Waals surface area (Å²) in [4.78, 5) is 27.8. The summed E-state index contributed by atoms with van der Waals surface area (Å²) >= 11 is 5.97. The highest BCUT2D eigenvalue weighted by molar-refractivity contribution is 8.77. The van der Waals surface area contributed by atoms with Crippen molar-refractivity contribution in [2.24, 2.45) is 0 Å². The van der Waals surface area contributed by atoms with Gasteiger partial charge in [0.1, 0.15) is 29.6 Å². The highest BCUT2D eigenvalue weighted by Crippen LogP contribution is 2.48. The molecule has 2 heterocycles. The van der Waals surface area contributed by atoms with E-state index in [1.807, 2.05) is 60.7 Å². The number of H-pyrrole nitrogens is 1. The summed E-state index contributed by atoms with van der Waals surface area (Å²) in [5, 5.41) is 0. The summed E-state index contributed by atoms with van der Waals surface area (Å²) in [6.45, 7) is 15.8. The fraction of sp³-hybridized carbons (Fsp3) is 0.500. The van der Waals surface area contributed by atoms with Crippen LogP contribution >= 0.6 is 41.7 Å². The minimum absolute atomic E-state index is 0.132. The molecule has 1 N–H and O–H groups in total. The maximum absolute atomic E-state index is 13.1. The third-order valence-corrected chi connectivity index (χ3v) is 15.3. The Morgan fingerprint density at radius 3 is 2.08 bits per heavy atom. The molecule has 1 unspecified atom stereocenters. The van der Waals surface area contributed by atoms with Gasteiger partial charge in [0.05, 0.1) is 33.0 Å². The van der Waals surface area contributed by atoms with Crippen molar-refractivity contribution in [3.63, 3.8) is 0 Å². The van der Waals surface area contributed by atoms with E-state index in [1.165, 1.54) is 4.57 Å². The molecule has 1 aliphatic heterocycles. The van der Waals surface area contributed by atoms with Crippen molar-refractivity contribution >= 4 is 41.7 Å². The van der Waals surface area contributed by atoms with Gasteiger partial charge in [-0.2, -0.15) is 0 Å². The van der Waals surface area contributed by atoms with E-state index in [9.17, 15) is 9.59 Å². The Hall–Kier alpha value is -2.68. The fourth-order valence-corrected chi connectivity index (χ4v) is 11.1. The fourth-order valence-electron chi connectivity index (χ4n) is 7.09. The van der Waals surface area contributed by atoms with E-state index in [1.54, 1.807) is 41.8 Å². The molecule has 0 saturated carbocycles. The van der Waals surface area contributed by atoms with E-state index in [0.717, 1.165) is 28.9 Å². The predicted molar refractivity (Wildman–Crippen MR) is 242 cm³/mol. The third-order valence-electron chi connectivity index (χ3n) is 10.0. The van der Waals surface area contributed by atoms with E-state index in [2.05, 4.69) is 75.5 Å². The molecule has 1 saturated heterocycles. The number of nitrogens with zero attached hydrogens (tertiary/aromatic N) is 2. The van der Waals surface area contributed by atoms with Crippen LogP contribution in [-0.4, -0.2) is 82.0 Å². The molecule has 59 heavy (non-hydrogen) atoms. The maximum atomic E-state index is 13.1. The summed E-state index contributed by atoms with van der Waals surface area (Å²) in [5.41, 5.74) is 1.20. The van der Waals surface area contributed by atoms with E-state index in [4.69, 9.17) is 39.6 Å². The highest BCUT2D eigenvalue weighted by Gasteiger charge is 2.43. The normalized spacial score (nSPS) is 17.9. The number of alkyl halides is 1. The molecular weight excluding hydrogens is 829 g/mol. The number of benzene rings is 3. The van der Waals surface area contributed by atoms with Crippen molar-refractivity contribution in [3.8, 4) is 5.75 Å². The van der Waals surface area contributed by atoms with Crippen LogP contribution in [0.3, 0.4) is 0 Å². The predicted octanol–water partition coefficient (Wildman–Crippen LogP) is 9.66. The first-order valence-electron chi connectivity index (χ1n) is 20.0. The molecule has 1 fully saturated rings. The molecule has 0 spiro atoms. The molecule has 0 amide bonds. The molecule has 5 rings (SSSR count). The summed E-state index contributed by atoms with van der Waals surface area (Å²) in [7, 11) is 3.76. The first-order chi connectivity index (χ1) is 28.3. The smallest absolute Gasteiger partial charge is 0.330 e. The maximum Gasteiger partial charge on any atom is 0.330 e. The first-order valence-corrected chi connectivity index (χ1v) is 24.0. The van der Waals surface area contributed by atoms with Crippen LogP contribution in [0.15, 0.2) is 101 Å². The van der Waals surface area contributed by atoms with E-state index < -0.39 is 43.8 Å². The summed E-state index contributed by atoms with van der Waals surface area (Å²) in [5.74, 6) is 1.51. The third kappa shape index (κ3) is 12.5. The van der Waals surface area contributed by atoms with Gasteiger partial charge in [0.2, 0.25) is 0 Å². The van der Waals surface area contributed by atoms with Crippen LogP contribution in [0.5, 0.6) is 5.75 Å². The lowest BCUT2D eigenvalue weighted by atomic mass is 9.80. The van der Waals surface area contributed by atoms with Gasteiger partial charge in [-0.25, -0.2) is 9.46 Å². The van der Waals surface area contributed by atoms with Gasteiger partial charge in [0.15, 0.2) is 0 Å². The summed E-state index contributed by atoms with van der Waals surface area (Å²) in [6.07, 6.45) is 1.04. The van der Waals surface area contributed by atoms with Crippen LogP contribution < -0.4 is 16.0 Å². The Balaban J connectivity index is 1.34. The van der Waals surface area contributed by atoms with E-state index in [0.29, 0.717) is 37.0 Å². The number of rotatable bonds is 23. The van der Waals surface area contributed by atoms with Crippen molar-refractivity contribution in [1.29, 1.82) is 0 Å². The minimum Gasteiger partial charge on any atom is -0.497 e. The number of hydrogen-bond donors (Lipinski definition) is 1. The number of halogens is 1. The average Bonchev–Trinajstić information content (AvgIpc) is 3.63. The topological polar surface area (TPSA) is 113 Å². The van der Waals surface area contributed by atoms with Crippen molar-refractivity contribution in [2.75, 3.05) is 38.7 Å². The number of hydrogen-bond acceptors (Lipinski definition) is 11. The van der Waals surface area contributed by atoms with Crippen LogP contribution in [0.25, 0.3) is 0 Å². The van der Waals surface area contributed by atoms with Gasteiger partial charge in [-0.05, 0) is 83.7 Å². The quantitative estimate of drug-likeness (QED) is 0.0192. The zero-order valence-electron chi connectivity index (χ0n) is 35.3. The standard InChI is InChI=1S/C44H59ClN3O8PS2/c1-31(2)48(32(3)4)57(55-26-24-45)54-25-23-43(6,7)59-58-30-52-38-27-40(47-28-33(5)41(49)46-42(47)50)56-39(38)29-53-44(34-15-11-9-12-16-34,35-17-13-10-14-18-35)36-19-21-37(51-8)22-20-36/h9-22,28,31-32,38-40H,23-27,29-30H2,1-8H3,(H,46,49,50)/t38-,39+,40+,57?/m0/s1. The van der Waals surface area contributed by atoms with Gasteiger partial charge in [-0.1, -0.05) is 94.4 Å². The Labute approximate surface area is 363 Å².